The third-order valence-corrected chi connectivity index (χ3v) is 5.56. The predicted octanol–water partition coefficient (Wildman–Crippen LogP) is 4.62. The molecular weight excluding hydrogens is 416 g/mol. The molecule has 1 amide bonds. The van der Waals surface area contributed by atoms with Crippen molar-refractivity contribution in [2.75, 3.05) is 5.32 Å². The quantitative estimate of drug-likeness (QED) is 0.555. The van der Waals surface area contributed by atoms with Gasteiger partial charge in [-0.2, -0.15) is 5.26 Å². The molecule has 1 unspecified atom stereocenters. The highest BCUT2D eigenvalue weighted by atomic mass is 16.1. The first-order valence-corrected chi connectivity index (χ1v) is 10.8. The minimum absolute atomic E-state index is 0.0640. The lowest BCUT2D eigenvalue weighted by Gasteiger charge is -2.20. The van der Waals surface area contributed by atoms with Gasteiger partial charge in [0, 0.05) is 11.5 Å². The standard InChI is InChI=1S/C25H28N6O2/c1-7-15(2)23(32)21-14-31(30-29-21)22-11-20(13-27-16(22)3)28-24(33)18-8-17(12-26)9-19(10-18)25(4,5)6/h8-11,13-15H,7H2,1-6H3,(H,28,33). The van der Waals surface area contributed by atoms with Gasteiger partial charge >= 0.3 is 0 Å². The van der Waals surface area contributed by atoms with Crippen molar-refractivity contribution < 1.29 is 9.59 Å². The third-order valence-electron chi connectivity index (χ3n) is 5.56. The Morgan fingerprint density at radius 2 is 1.94 bits per heavy atom. The zero-order chi connectivity index (χ0) is 24.3. The Kier molecular flexibility index (Phi) is 6.73. The molecule has 1 N–H and O–H groups in total. The van der Waals surface area contributed by atoms with Crippen molar-refractivity contribution in [3.8, 4) is 11.8 Å². The van der Waals surface area contributed by atoms with Gasteiger partial charge in [-0.25, -0.2) is 4.68 Å². The molecule has 1 aromatic carbocycles. The number of pyridine rings is 1. The van der Waals surface area contributed by atoms with Crippen LogP contribution >= 0.6 is 0 Å². The highest BCUT2D eigenvalue weighted by Gasteiger charge is 2.20. The molecule has 8 nitrogen and oxygen atoms in total. The van der Waals surface area contributed by atoms with E-state index in [1.165, 1.54) is 4.68 Å². The van der Waals surface area contributed by atoms with E-state index in [1.54, 1.807) is 36.7 Å². The number of ketones is 1. The number of carbonyl (C=O) groups is 2. The number of aromatic nitrogens is 4. The van der Waals surface area contributed by atoms with Crippen molar-refractivity contribution in [1.29, 1.82) is 5.26 Å². The molecule has 0 saturated carbocycles. The Labute approximate surface area is 193 Å². The number of nitrogens with one attached hydrogen (secondary N) is 1. The van der Waals surface area contributed by atoms with Gasteiger partial charge in [-0.05, 0) is 48.6 Å². The first kappa shape index (κ1) is 23.8. The van der Waals surface area contributed by atoms with Gasteiger partial charge in [-0.3, -0.25) is 14.6 Å². The topological polar surface area (TPSA) is 114 Å². The fraction of sp³-hybridized carbons (Fsp3) is 0.360. The van der Waals surface area contributed by atoms with E-state index in [0.717, 1.165) is 12.0 Å². The van der Waals surface area contributed by atoms with Crippen LogP contribution in [-0.4, -0.2) is 31.7 Å². The van der Waals surface area contributed by atoms with E-state index < -0.39 is 0 Å². The number of carbonyl (C=O) groups excluding carboxylic acids is 2. The number of rotatable bonds is 6. The zero-order valence-electron chi connectivity index (χ0n) is 19.8. The number of benzene rings is 1. The molecule has 33 heavy (non-hydrogen) atoms. The van der Waals surface area contributed by atoms with Crippen LogP contribution in [0.4, 0.5) is 5.69 Å². The van der Waals surface area contributed by atoms with Gasteiger partial charge < -0.3 is 5.32 Å². The number of amides is 1. The van der Waals surface area contributed by atoms with E-state index >= 15 is 0 Å². The summed E-state index contributed by atoms with van der Waals surface area (Å²) in [5, 5.41) is 20.3. The fourth-order valence-electron chi connectivity index (χ4n) is 3.21. The van der Waals surface area contributed by atoms with Crippen molar-refractivity contribution in [3.63, 3.8) is 0 Å². The highest BCUT2D eigenvalue weighted by Crippen LogP contribution is 2.25. The Morgan fingerprint density at radius 1 is 1.21 bits per heavy atom. The molecular formula is C25H28N6O2. The summed E-state index contributed by atoms with van der Waals surface area (Å²) in [5.74, 6) is -0.548. The summed E-state index contributed by atoms with van der Waals surface area (Å²) in [5.41, 5.74) is 3.53. The number of Topliss-reactive ketones (excluding diaryl/α,β-unsaturated/α-hetero) is 1. The molecule has 0 spiro atoms. The van der Waals surface area contributed by atoms with Crippen molar-refractivity contribution >= 4 is 17.4 Å². The molecule has 0 radical (unpaired) electrons. The smallest absolute Gasteiger partial charge is 0.255 e. The first-order chi connectivity index (χ1) is 15.5. The monoisotopic (exact) mass is 444 g/mol. The molecule has 0 bridgehead atoms. The number of anilines is 1. The van der Waals surface area contributed by atoms with Gasteiger partial charge in [-0.1, -0.05) is 39.8 Å². The van der Waals surface area contributed by atoms with E-state index in [0.29, 0.717) is 33.9 Å². The van der Waals surface area contributed by atoms with Gasteiger partial charge in [0.25, 0.3) is 5.91 Å². The van der Waals surface area contributed by atoms with Crippen LogP contribution in [0.2, 0.25) is 0 Å². The summed E-state index contributed by atoms with van der Waals surface area (Å²) >= 11 is 0. The molecule has 0 aliphatic rings. The average molecular weight is 445 g/mol. The fourth-order valence-corrected chi connectivity index (χ4v) is 3.21. The molecule has 0 saturated heterocycles. The van der Waals surface area contributed by atoms with Crippen LogP contribution in [0.25, 0.3) is 5.69 Å². The molecule has 170 valence electrons. The lowest BCUT2D eigenvalue weighted by Crippen LogP contribution is -2.17. The van der Waals surface area contributed by atoms with E-state index in [2.05, 4.69) is 26.7 Å². The lowest BCUT2D eigenvalue weighted by atomic mass is 9.85. The van der Waals surface area contributed by atoms with Crippen molar-refractivity contribution in [2.24, 2.45) is 5.92 Å². The number of nitriles is 1. The van der Waals surface area contributed by atoms with Crippen LogP contribution in [-0.2, 0) is 5.41 Å². The summed E-state index contributed by atoms with van der Waals surface area (Å²) < 4.78 is 1.49. The molecule has 0 fully saturated rings. The average Bonchev–Trinajstić information content (AvgIpc) is 3.28. The third kappa shape index (κ3) is 5.32. The zero-order valence-corrected chi connectivity index (χ0v) is 19.8. The van der Waals surface area contributed by atoms with E-state index in [4.69, 9.17) is 0 Å². The van der Waals surface area contributed by atoms with Gasteiger partial charge in [0.2, 0.25) is 0 Å². The molecule has 3 rings (SSSR count). The maximum Gasteiger partial charge on any atom is 0.255 e. The molecule has 0 aliphatic heterocycles. The lowest BCUT2D eigenvalue weighted by molar-refractivity contribution is 0.0921. The van der Waals surface area contributed by atoms with Crippen LogP contribution in [0.3, 0.4) is 0 Å². The maximum atomic E-state index is 13.0. The second-order valence-electron chi connectivity index (χ2n) is 9.17. The van der Waals surface area contributed by atoms with E-state index in [1.807, 2.05) is 41.5 Å². The van der Waals surface area contributed by atoms with Crippen molar-refractivity contribution in [1.82, 2.24) is 20.0 Å². The Balaban J connectivity index is 1.90. The van der Waals surface area contributed by atoms with E-state index in [9.17, 15) is 14.9 Å². The van der Waals surface area contributed by atoms with Crippen LogP contribution in [0, 0.1) is 24.2 Å². The van der Waals surface area contributed by atoms with Crippen LogP contribution in [0.1, 0.15) is 78.7 Å². The molecule has 3 aromatic rings. The minimum Gasteiger partial charge on any atom is -0.321 e. The minimum atomic E-state index is -0.347. The number of hydrogen-bond donors (Lipinski definition) is 1. The predicted molar refractivity (Wildman–Crippen MR) is 125 cm³/mol. The molecule has 0 aliphatic carbocycles. The molecule has 2 heterocycles. The Hall–Kier alpha value is -3.86. The largest absolute Gasteiger partial charge is 0.321 e. The number of hydrogen-bond acceptors (Lipinski definition) is 6. The van der Waals surface area contributed by atoms with Gasteiger partial charge in [-0.15, -0.1) is 5.10 Å². The molecule has 8 heteroatoms. The van der Waals surface area contributed by atoms with Gasteiger partial charge in [0.15, 0.2) is 5.78 Å². The summed E-state index contributed by atoms with van der Waals surface area (Å²) in [6.07, 6.45) is 3.85. The second-order valence-corrected chi connectivity index (χ2v) is 9.17. The summed E-state index contributed by atoms with van der Waals surface area (Å²) in [6, 6.07) is 9.01. The van der Waals surface area contributed by atoms with Gasteiger partial charge in [0.1, 0.15) is 5.69 Å². The summed E-state index contributed by atoms with van der Waals surface area (Å²) in [4.78, 5) is 29.7. The van der Waals surface area contributed by atoms with Gasteiger partial charge in [0.05, 0.1) is 41.1 Å². The van der Waals surface area contributed by atoms with Crippen LogP contribution < -0.4 is 5.32 Å². The van der Waals surface area contributed by atoms with Crippen molar-refractivity contribution in [2.45, 2.75) is 53.4 Å². The number of nitrogens with zero attached hydrogens (tertiary/aromatic N) is 5. The summed E-state index contributed by atoms with van der Waals surface area (Å²) in [7, 11) is 0. The van der Waals surface area contributed by atoms with Crippen LogP contribution in [0.5, 0.6) is 0 Å². The molecule has 1 atom stereocenters. The molecule has 2 aromatic heterocycles. The Morgan fingerprint density at radius 3 is 2.58 bits per heavy atom. The summed E-state index contributed by atoms with van der Waals surface area (Å²) in [6.45, 7) is 11.7. The van der Waals surface area contributed by atoms with E-state index in [-0.39, 0.29) is 23.0 Å². The maximum absolute atomic E-state index is 13.0. The second kappa shape index (κ2) is 9.33. The SMILES string of the molecule is CCC(C)C(=O)c1cn(-c2cc(NC(=O)c3cc(C#N)cc(C(C)(C)C)c3)cnc2C)nn1. The van der Waals surface area contributed by atoms with Crippen molar-refractivity contribution in [3.05, 3.63) is 64.7 Å². The first-order valence-electron chi connectivity index (χ1n) is 10.8. The Bertz CT molecular complexity index is 1250. The normalized spacial score (nSPS) is 12.2. The highest BCUT2D eigenvalue weighted by molar-refractivity contribution is 6.04. The van der Waals surface area contributed by atoms with Crippen LogP contribution in [0.15, 0.2) is 36.7 Å². The number of aryl methyl sites for hydroxylation is 1.